The van der Waals surface area contributed by atoms with Crippen molar-refractivity contribution in [3.05, 3.63) is 24.0 Å². The number of nitrogens with zero attached hydrogens (tertiary/aromatic N) is 1. The van der Waals surface area contributed by atoms with E-state index in [1.807, 2.05) is 0 Å². The first-order valence-electron chi connectivity index (χ1n) is 5.29. The molecule has 0 bridgehead atoms. The molecule has 2 aromatic rings. The number of rotatable bonds is 2. The topological polar surface area (TPSA) is 50.9 Å². The van der Waals surface area contributed by atoms with E-state index in [2.05, 4.69) is 10.3 Å². The fourth-order valence-electron chi connectivity index (χ4n) is 1.92. The number of thiazole rings is 1. The highest BCUT2D eigenvalue weighted by molar-refractivity contribution is 7.22. The van der Waals surface area contributed by atoms with E-state index in [1.165, 1.54) is 12.1 Å². The van der Waals surface area contributed by atoms with Crippen molar-refractivity contribution in [1.29, 1.82) is 0 Å². The molecule has 3 rings (SSSR count). The fourth-order valence-corrected chi connectivity index (χ4v) is 2.84. The molecule has 0 atom stereocenters. The molecule has 16 heavy (non-hydrogen) atoms. The number of anilines is 1. The number of benzene rings is 1. The lowest BCUT2D eigenvalue weighted by Gasteiger charge is -2.32. The Kier molecular flexibility index (Phi) is 2.29. The van der Waals surface area contributed by atoms with Gasteiger partial charge in [-0.15, -0.1) is 0 Å². The highest BCUT2D eigenvalue weighted by Gasteiger charge is 2.26. The maximum atomic E-state index is 13.0. The van der Waals surface area contributed by atoms with Gasteiger partial charge in [0.1, 0.15) is 5.82 Å². The standard InChI is InChI=1S/C11H12FN3S/c12-6-1-2-10-9(3-6)15-11(16-10)14-8-4-7(13)5-8/h1-3,7-8H,4-5,13H2,(H,14,15)/t7-,8-. The van der Waals surface area contributed by atoms with E-state index in [4.69, 9.17) is 5.73 Å². The van der Waals surface area contributed by atoms with Gasteiger partial charge in [-0.25, -0.2) is 9.37 Å². The van der Waals surface area contributed by atoms with Crippen LogP contribution < -0.4 is 11.1 Å². The second kappa shape index (κ2) is 3.68. The van der Waals surface area contributed by atoms with Crippen molar-refractivity contribution in [2.24, 2.45) is 5.73 Å². The van der Waals surface area contributed by atoms with Crippen molar-refractivity contribution in [3.8, 4) is 0 Å². The van der Waals surface area contributed by atoms with Crippen LogP contribution in [0.4, 0.5) is 9.52 Å². The van der Waals surface area contributed by atoms with Gasteiger partial charge in [-0.05, 0) is 25.0 Å². The van der Waals surface area contributed by atoms with E-state index < -0.39 is 0 Å². The molecule has 0 unspecified atom stereocenters. The third-order valence-electron chi connectivity index (χ3n) is 2.85. The fraction of sp³-hybridized carbons (Fsp3) is 0.364. The van der Waals surface area contributed by atoms with Crippen LogP contribution in [0.2, 0.25) is 0 Å². The van der Waals surface area contributed by atoms with E-state index >= 15 is 0 Å². The SMILES string of the molecule is N[C@H]1C[C@H](Nc2nc3cc(F)ccc3s2)C1. The monoisotopic (exact) mass is 237 g/mol. The summed E-state index contributed by atoms with van der Waals surface area (Å²) in [6.07, 6.45) is 1.98. The third-order valence-corrected chi connectivity index (χ3v) is 3.82. The molecule has 5 heteroatoms. The number of nitrogens with one attached hydrogen (secondary N) is 1. The summed E-state index contributed by atoms with van der Waals surface area (Å²) < 4.78 is 14.0. The van der Waals surface area contributed by atoms with Gasteiger partial charge >= 0.3 is 0 Å². The van der Waals surface area contributed by atoms with Gasteiger partial charge in [0.05, 0.1) is 10.2 Å². The Bertz CT molecular complexity index is 519. The lowest BCUT2D eigenvalue weighted by Crippen LogP contribution is -2.44. The van der Waals surface area contributed by atoms with Gasteiger partial charge in [-0.3, -0.25) is 0 Å². The molecule has 0 amide bonds. The largest absolute Gasteiger partial charge is 0.359 e. The van der Waals surface area contributed by atoms with Crippen LogP contribution in [0.1, 0.15) is 12.8 Å². The molecule has 0 aliphatic heterocycles. The molecule has 84 valence electrons. The number of aromatic nitrogens is 1. The predicted octanol–water partition coefficient (Wildman–Crippen LogP) is 2.34. The third kappa shape index (κ3) is 1.76. The highest BCUT2D eigenvalue weighted by Crippen LogP contribution is 2.29. The molecular weight excluding hydrogens is 225 g/mol. The minimum absolute atomic E-state index is 0.241. The second-order valence-corrected chi connectivity index (χ2v) is 5.23. The summed E-state index contributed by atoms with van der Waals surface area (Å²) >= 11 is 1.56. The zero-order valence-corrected chi connectivity index (χ0v) is 9.43. The van der Waals surface area contributed by atoms with Crippen molar-refractivity contribution in [2.75, 3.05) is 5.32 Å². The highest BCUT2D eigenvalue weighted by atomic mass is 32.1. The van der Waals surface area contributed by atoms with Gasteiger partial charge in [0, 0.05) is 18.2 Å². The maximum absolute atomic E-state index is 13.0. The molecule has 1 aromatic carbocycles. The van der Waals surface area contributed by atoms with E-state index in [0.29, 0.717) is 12.1 Å². The van der Waals surface area contributed by atoms with Crippen LogP contribution in [0.5, 0.6) is 0 Å². The lowest BCUT2D eigenvalue weighted by molar-refractivity contribution is 0.373. The van der Waals surface area contributed by atoms with E-state index in [9.17, 15) is 4.39 Å². The lowest BCUT2D eigenvalue weighted by atomic mass is 9.88. The second-order valence-electron chi connectivity index (χ2n) is 4.20. The molecule has 1 aromatic heterocycles. The average Bonchev–Trinajstić information content (AvgIpc) is 2.57. The zero-order chi connectivity index (χ0) is 11.1. The Morgan fingerprint density at radius 2 is 2.25 bits per heavy atom. The van der Waals surface area contributed by atoms with Gasteiger partial charge < -0.3 is 11.1 Å². The molecule has 1 aliphatic rings. The quantitative estimate of drug-likeness (QED) is 0.843. The van der Waals surface area contributed by atoms with Crippen molar-refractivity contribution in [3.63, 3.8) is 0 Å². The maximum Gasteiger partial charge on any atom is 0.184 e. The summed E-state index contributed by atoms with van der Waals surface area (Å²) in [5, 5.41) is 4.18. The van der Waals surface area contributed by atoms with Crippen LogP contribution in [0.25, 0.3) is 10.2 Å². The van der Waals surface area contributed by atoms with Gasteiger partial charge in [0.2, 0.25) is 0 Å². The van der Waals surface area contributed by atoms with Crippen molar-refractivity contribution in [2.45, 2.75) is 24.9 Å². The van der Waals surface area contributed by atoms with Crippen LogP contribution in [-0.4, -0.2) is 17.1 Å². The number of hydrogen-bond donors (Lipinski definition) is 2. The first-order valence-corrected chi connectivity index (χ1v) is 6.10. The van der Waals surface area contributed by atoms with E-state index in [0.717, 1.165) is 28.2 Å². The van der Waals surface area contributed by atoms with Gasteiger partial charge in [0.15, 0.2) is 5.13 Å². The molecule has 1 heterocycles. The molecular formula is C11H12FN3S. The predicted molar refractivity (Wildman–Crippen MR) is 64.2 cm³/mol. The summed E-state index contributed by atoms with van der Waals surface area (Å²) in [6, 6.07) is 5.44. The Morgan fingerprint density at radius 1 is 1.44 bits per heavy atom. The molecule has 1 aliphatic carbocycles. The van der Waals surface area contributed by atoms with Gasteiger partial charge in [-0.2, -0.15) is 0 Å². The molecule has 0 radical (unpaired) electrons. The van der Waals surface area contributed by atoms with E-state index in [1.54, 1.807) is 17.4 Å². The van der Waals surface area contributed by atoms with Crippen LogP contribution >= 0.6 is 11.3 Å². The van der Waals surface area contributed by atoms with Crippen LogP contribution in [-0.2, 0) is 0 Å². The number of nitrogens with two attached hydrogens (primary N) is 1. The van der Waals surface area contributed by atoms with Crippen molar-refractivity contribution in [1.82, 2.24) is 4.98 Å². The van der Waals surface area contributed by atoms with Gasteiger partial charge in [0.25, 0.3) is 0 Å². The van der Waals surface area contributed by atoms with Gasteiger partial charge in [-0.1, -0.05) is 11.3 Å². The van der Waals surface area contributed by atoms with Crippen molar-refractivity contribution >= 4 is 26.7 Å². The molecule has 0 spiro atoms. The molecule has 3 nitrogen and oxygen atoms in total. The molecule has 1 fully saturated rings. The Balaban J connectivity index is 1.82. The summed E-state index contributed by atoms with van der Waals surface area (Å²) in [4.78, 5) is 4.35. The van der Waals surface area contributed by atoms with Crippen LogP contribution in [0, 0.1) is 5.82 Å². The molecule has 0 saturated heterocycles. The normalized spacial score (nSPS) is 24.4. The summed E-state index contributed by atoms with van der Waals surface area (Å²) in [5.41, 5.74) is 6.43. The van der Waals surface area contributed by atoms with E-state index in [-0.39, 0.29) is 5.82 Å². The number of fused-ring (bicyclic) bond motifs is 1. The zero-order valence-electron chi connectivity index (χ0n) is 8.61. The first kappa shape index (κ1) is 9.99. The Labute approximate surface area is 96.5 Å². The Hall–Kier alpha value is -1.20. The molecule has 3 N–H and O–H groups in total. The number of halogens is 1. The minimum atomic E-state index is -0.241. The minimum Gasteiger partial charge on any atom is -0.359 e. The average molecular weight is 237 g/mol. The number of hydrogen-bond acceptors (Lipinski definition) is 4. The van der Waals surface area contributed by atoms with Crippen LogP contribution in [0.3, 0.4) is 0 Å². The summed E-state index contributed by atoms with van der Waals surface area (Å²) in [5.74, 6) is -0.241. The van der Waals surface area contributed by atoms with Crippen LogP contribution in [0.15, 0.2) is 18.2 Å². The smallest absolute Gasteiger partial charge is 0.184 e. The van der Waals surface area contributed by atoms with Crippen molar-refractivity contribution < 1.29 is 4.39 Å². The summed E-state index contributed by atoms with van der Waals surface area (Å²) in [7, 11) is 0. The molecule has 1 saturated carbocycles. The first-order chi connectivity index (χ1) is 7.70. The summed E-state index contributed by atoms with van der Waals surface area (Å²) in [6.45, 7) is 0. The Morgan fingerprint density at radius 3 is 3.00 bits per heavy atom.